The molecule has 0 aliphatic carbocycles. The van der Waals surface area contributed by atoms with Crippen molar-refractivity contribution < 1.29 is 14.6 Å². The summed E-state index contributed by atoms with van der Waals surface area (Å²) in [6, 6.07) is 0. The zero-order valence-electron chi connectivity index (χ0n) is 12.9. The predicted octanol–water partition coefficient (Wildman–Crippen LogP) is 1.83. The van der Waals surface area contributed by atoms with Crippen LogP contribution in [0.3, 0.4) is 0 Å². The van der Waals surface area contributed by atoms with E-state index in [1.165, 1.54) is 6.08 Å². The van der Waals surface area contributed by atoms with E-state index in [0.29, 0.717) is 6.10 Å². The Bertz CT molecular complexity index is 529. The van der Waals surface area contributed by atoms with Crippen LogP contribution in [0.2, 0.25) is 0 Å². The van der Waals surface area contributed by atoms with Crippen LogP contribution in [-0.2, 0) is 16.6 Å². The molecule has 0 saturated carbocycles. The van der Waals surface area contributed by atoms with E-state index in [-0.39, 0.29) is 0 Å². The number of piperidine rings is 1. The Morgan fingerprint density at radius 2 is 2.14 bits per heavy atom. The van der Waals surface area contributed by atoms with E-state index in [4.69, 9.17) is 9.84 Å². The zero-order chi connectivity index (χ0) is 15.4. The molecule has 0 atom stereocenters. The van der Waals surface area contributed by atoms with Gasteiger partial charge in [-0.2, -0.15) is 5.10 Å². The number of aliphatic carboxylic acids is 1. The summed E-state index contributed by atoms with van der Waals surface area (Å²) in [6.45, 7) is 6.47. The molecule has 0 bridgehead atoms. The lowest BCUT2D eigenvalue weighted by Gasteiger charge is -2.33. The monoisotopic (exact) mass is 293 g/mol. The summed E-state index contributed by atoms with van der Waals surface area (Å²) in [5.74, 6) is 0.0409. The van der Waals surface area contributed by atoms with Crippen LogP contribution >= 0.6 is 0 Å². The first kappa shape index (κ1) is 15.6. The molecule has 2 rings (SSSR count). The second-order valence-corrected chi connectivity index (χ2v) is 5.26. The van der Waals surface area contributed by atoms with E-state index in [1.54, 1.807) is 6.08 Å². The predicted molar refractivity (Wildman–Crippen MR) is 81.5 cm³/mol. The molecular weight excluding hydrogens is 270 g/mol. The van der Waals surface area contributed by atoms with Crippen LogP contribution < -0.4 is 4.90 Å². The molecule has 0 radical (unpaired) electrons. The Balaban J connectivity index is 2.18. The van der Waals surface area contributed by atoms with E-state index >= 15 is 0 Å². The number of rotatable bonds is 5. The molecule has 0 aromatic carbocycles. The molecule has 1 aromatic rings. The van der Waals surface area contributed by atoms with Crippen molar-refractivity contribution in [3.05, 3.63) is 17.3 Å². The number of carboxylic acid groups (broad SMARTS) is 1. The van der Waals surface area contributed by atoms with Gasteiger partial charge in [0.2, 0.25) is 0 Å². The standard InChI is InChI=1S/C15H23N3O3/c1-4-21-12-7-9-18(10-8-12)15-13(5-6-14(19)20)11(2)16-17(15)3/h5-6,12H,4,7-10H2,1-3H3,(H,19,20)/b6-5+. The van der Waals surface area contributed by atoms with Gasteiger partial charge in [-0.25, -0.2) is 4.79 Å². The molecule has 0 spiro atoms. The molecule has 2 heterocycles. The maximum atomic E-state index is 10.7. The van der Waals surface area contributed by atoms with Crippen LogP contribution in [0.5, 0.6) is 0 Å². The Hall–Kier alpha value is -1.82. The number of carbonyl (C=O) groups is 1. The quantitative estimate of drug-likeness (QED) is 0.839. The lowest BCUT2D eigenvalue weighted by Crippen LogP contribution is -2.38. The highest BCUT2D eigenvalue weighted by Crippen LogP contribution is 2.28. The van der Waals surface area contributed by atoms with Crippen molar-refractivity contribution >= 4 is 17.9 Å². The minimum Gasteiger partial charge on any atom is -0.478 e. The normalized spacial score (nSPS) is 16.8. The SMILES string of the molecule is CCOC1CCN(c2c(/C=C/C(=O)O)c(C)nn2C)CC1. The second kappa shape index (κ2) is 6.76. The highest BCUT2D eigenvalue weighted by Gasteiger charge is 2.24. The molecule has 0 unspecified atom stereocenters. The lowest BCUT2D eigenvalue weighted by molar-refractivity contribution is -0.131. The fraction of sp³-hybridized carbons (Fsp3) is 0.600. The number of nitrogens with zero attached hydrogens (tertiary/aromatic N) is 3. The number of carboxylic acids is 1. The highest BCUT2D eigenvalue weighted by atomic mass is 16.5. The molecule has 116 valence electrons. The van der Waals surface area contributed by atoms with Gasteiger partial charge in [0, 0.05) is 38.4 Å². The first-order valence-electron chi connectivity index (χ1n) is 7.34. The van der Waals surface area contributed by atoms with Crippen LogP contribution in [0.1, 0.15) is 31.0 Å². The molecule has 0 amide bonds. The van der Waals surface area contributed by atoms with Gasteiger partial charge < -0.3 is 14.7 Å². The molecule has 6 heteroatoms. The number of hydrogen-bond donors (Lipinski definition) is 1. The molecule has 1 fully saturated rings. The molecule has 1 aliphatic heterocycles. The fourth-order valence-corrected chi connectivity index (χ4v) is 2.86. The first-order chi connectivity index (χ1) is 10.0. The smallest absolute Gasteiger partial charge is 0.328 e. The third-order valence-corrected chi connectivity index (χ3v) is 3.77. The van der Waals surface area contributed by atoms with Crippen molar-refractivity contribution in [3.63, 3.8) is 0 Å². The van der Waals surface area contributed by atoms with Crippen molar-refractivity contribution in [3.8, 4) is 0 Å². The van der Waals surface area contributed by atoms with Crippen LogP contribution in [0.15, 0.2) is 6.08 Å². The summed E-state index contributed by atoms with van der Waals surface area (Å²) in [4.78, 5) is 13.0. The Morgan fingerprint density at radius 3 is 2.71 bits per heavy atom. The molecule has 1 saturated heterocycles. The summed E-state index contributed by atoms with van der Waals surface area (Å²) in [5.41, 5.74) is 1.73. The van der Waals surface area contributed by atoms with Crippen LogP contribution in [0.4, 0.5) is 5.82 Å². The Kier molecular flexibility index (Phi) is 5.01. The number of anilines is 1. The fourth-order valence-electron chi connectivity index (χ4n) is 2.86. The maximum Gasteiger partial charge on any atom is 0.328 e. The molecule has 1 aliphatic rings. The average Bonchev–Trinajstić information content (AvgIpc) is 2.72. The van der Waals surface area contributed by atoms with Gasteiger partial charge in [0.15, 0.2) is 0 Å². The van der Waals surface area contributed by atoms with Gasteiger partial charge in [0.05, 0.1) is 11.8 Å². The van der Waals surface area contributed by atoms with Gasteiger partial charge in [0.1, 0.15) is 5.82 Å². The Labute approximate surface area is 125 Å². The second-order valence-electron chi connectivity index (χ2n) is 5.26. The summed E-state index contributed by atoms with van der Waals surface area (Å²) in [6.07, 6.45) is 5.11. The van der Waals surface area contributed by atoms with Gasteiger partial charge in [-0.3, -0.25) is 4.68 Å². The number of aryl methyl sites for hydroxylation is 2. The summed E-state index contributed by atoms with van der Waals surface area (Å²) in [5, 5.41) is 13.2. The van der Waals surface area contributed by atoms with Gasteiger partial charge in [0.25, 0.3) is 0 Å². The van der Waals surface area contributed by atoms with Gasteiger partial charge in [-0.15, -0.1) is 0 Å². The maximum absolute atomic E-state index is 10.7. The molecule has 21 heavy (non-hydrogen) atoms. The van der Waals surface area contributed by atoms with Crippen molar-refractivity contribution in [2.45, 2.75) is 32.8 Å². The van der Waals surface area contributed by atoms with Crippen LogP contribution in [0, 0.1) is 6.92 Å². The molecule has 1 aromatic heterocycles. The van der Waals surface area contributed by atoms with Gasteiger partial charge in [-0.05, 0) is 32.8 Å². The van der Waals surface area contributed by atoms with Crippen LogP contribution in [0.25, 0.3) is 6.08 Å². The third-order valence-electron chi connectivity index (χ3n) is 3.77. The largest absolute Gasteiger partial charge is 0.478 e. The van der Waals surface area contributed by atoms with Crippen molar-refractivity contribution in [2.24, 2.45) is 7.05 Å². The van der Waals surface area contributed by atoms with Crippen molar-refractivity contribution in [1.82, 2.24) is 9.78 Å². The number of aromatic nitrogens is 2. The average molecular weight is 293 g/mol. The number of hydrogen-bond acceptors (Lipinski definition) is 4. The minimum atomic E-state index is -0.945. The Morgan fingerprint density at radius 1 is 1.48 bits per heavy atom. The molecule has 6 nitrogen and oxygen atoms in total. The van der Waals surface area contributed by atoms with E-state index in [2.05, 4.69) is 10.00 Å². The van der Waals surface area contributed by atoms with Gasteiger partial charge >= 0.3 is 5.97 Å². The highest BCUT2D eigenvalue weighted by molar-refractivity contribution is 5.87. The minimum absolute atomic E-state index is 0.332. The molecule has 1 N–H and O–H groups in total. The zero-order valence-corrected chi connectivity index (χ0v) is 12.9. The lowest BCUT2D eigenvalue weighted by atomic mass is 10.1. The van der Waals surface area contributed by atoms with Gasteiger partial charge in [-0.1, -0.05) is 0 Å². The summed E-state index contributed by atoms with van der Waals surface area (Å²) in [7, 11) is 1.90. The molecular formula is C15H23N3O3. The topological polar surface area (TPSA) is 67.6 Å². The van der Waals surface area contributed by atoms with E-state index in [0.717, 1.165) is 49.6 Å². The third kappa shape index (κ3) is 3.64. The van der Waals surface area contributed by atoms with E-state index < -0.39 is 5.97 Å². The van der Waals surface area contributed by atoms with E-state index in [1.807, 2.05) is 25.6 Å². The first-order valence-corrected chi connectivity index (χ1v) is 7.34. The van der Waals surface area contributed by atoms with Crippen molar-refractivity contribution in [1.29, 1.82) is 0 Å². The summed E-state index contributed by atoms with van der Waals surface area (Å²) >= 11 is 0. The summed E-state index contributed by atoms with van der Waals surface area (Å²) < 4.78 is 7.50. The van der Waals surface area contributed by atoms with E-state index in [9.17, 15) is 4.79 Å². The number of ether oxygens (including phenoxy) is 1. The van der Waals surface area contributed by atoms with Crippen molar-refractivity contribution in [2.75, 3.05) is 24.6 Å². The van der Waals surface area contributed by atoms with Crippen LogP contribution in [-0.4, -0.2) is 46.7 Å².